The highest BCUT2D eigenvalue weighted by molar-refractivity contribution is 6.10. The van der Waals surface area contributed by atoms with Crippen LogP contribution in [0.5, 0.6) is 5.75 Å². The summed E-state index contributed by atoms with van der Waals surface area (Å²) in [7, 11) is 0. The van der Waals surface area contributed by atoms with E-state index >= 15 is 0 Å². The molecule has 0 spiro atoms. The van der Waals surface area contributed by atoms with Gasteiger partial charge in [0.1, 0.15) is 11.2 Å². The molecule has 3 aromatic rings. The minimum atomic E-state index is -2.20. The van der Waals surface area contributed by atoms with Crippen molar-refractivity contribution in [2.75, 3.05) is 13.2 Å². The van der Waals surface area contributed by atoms with E-state index in [4.69, 9.17) is 14.2 Å². The van der Waals surface area contributed by atoms with Gasteiger partial charge in [-0.25, -0.2) is 9.59 Å². The molecule has 2 aliphatic rings. The normalized spacial score (nSPS) is 22.7. The van der Waals surface area contributed by atoms with Crippen molar-refractivity contribution in [3.63, 3.8) is 0 Å². The third-order valence-electron chi connectivity index (χ3n) is 7.35. The number of esters is 3. The molecular weight excluding hydrogens is 504 g/mol. The van der Waals surface area contributed by atoms with Crippen LogP contribution >= 0.6 is 0 Å². The molecule has 0 aromatic heterocycles. The van der Waals surface area contributed by atoms with Gasteiger partial charge in [-0.1, -0.05) is 60.7 Å². The number of nitrogens with zero attached hydrogens (tertiary/aromatic N) is 1. The molecule has 3 aromatic carbocycles. The number of fused-ring (bicyclic) bond motifs is 3. The lowest BCUT2D eigenvalue weighted by Gasteiger charge is -2.42. The molecule has 10 heteroatoms. The summed E-state index contributed by atoms with van der Waals surface area (Å²) in [6.07, 6.45) is 0. The zero-order chi connectivity index (χ0) is 27.8. The van der Waals surface area contributed by atoms with Gasteiger partial charge in [0.05, 0.1) is 24.2 Å². The summed E-state index contributed by atoms with van der Waals surface area (Å²) in [5, 5.41) is 14.9. The maximum Gasteiger partial charge on any atom is 0.338 e. The molecule has 1 N–H and O–H groups in total. The second-order valence-electron chi connectivity index (χ2n) is 9.27. The van der Waals surface area contributed by atoms with Gasteiger partial charge in [-0.2, -0.15) is 0 Å². The van der Waals surface area contributed by atoms with E-state index in [-0.39, 0.29) is 30.2 Å². The molecule has 1 saturated heterocycles. The first kappa shape index (κ1) is 26.1. The van der Waals surface area contributed by atoms with Crippen molar-refractivity contribution in [2.45, 2.75) is 36.8 Å². The Morgan fingerprint density at radius 2 is 1.54 bits per heavy atom. The fraction of sp³-hybridized carbons (Fsp3) is 0.276. The topological polar surface area (TPSA) is 134 Å². The second-order valence-corrected chi connectivity index (χ2v) is 9.27. The Labute approximate surface area is 224 Å². The molecule has 3 atom stereocenters. The molecule has 0 aliphatic carbocycles. The number of nitro benzene ring substituents is 1. The predicted molar refractivity (Wildman–Crippen MR) is 138 cm³/mol. The van der Waals surface area contributed by atoms with E-state index in [1.807, 2.05) is 0 Å². The summed E-state index contributed by atoms with van der Waals surface area (Å²) < 4.78 is 16.8. The van der Waals surface area contributed by atoms with Gasteiger partial charge in [-0.05, 0) is 31.0 Å². The molecule has 10 nitrogen and oxygen atoms in total. The Bertz CT molecular complexity index is 1420. The van der Waals surface area contributed by atoms with E-state index in [1.165, 1.54) is 18.2 Å². The third-order valence-corrected chi connectivity index (χ3v) is 7.35. The zero-order valence-electron chi connectivity index (χ0n) is 21.3. The average Bonchev–Trinajstić information content (AvgIpc) is 3.29. The molecule has 200 valence electrons. The number of benzene rings is 3. The van der Waals surface area contributed by atoms with E-state index in [2.05, 4.69) is 5.32 Å². The van der Waals surface area contributed by atoms with Crippen LogP contribution in [-0.4, -0.2) is 41.6 Å². The number of ether oxygens (including phenoxy) is 3. The number of non-ortho nitro benzene ring substituents is 1. The number of hydrogen-bond acceptors (Lipinski definition) is 9. The smallest absolute Gasteiger partial charge is 0.338 e. The monoisotopic (exact) mass is 530 g/mol. The Balaban J connectivity index is 1.92. The Hall–Kier alpha value is -4.57. The standard InChI is InChI=1S/C29H26N2O8/c1-3-37-26(33)29(27(34)38-4-2)23(18-11-7-5-8-12-18)28(19-13-9-6-10-14-19)24(30-29)21-17-20(31(35)36)15-16-22(21)39-25(28)32/h5-17,23-24,30H,3-4H2,1-2H3/t23-,24-,28-/m1/s1. The number of hydrogen-bond donors (Lipinski definition) is 1. The van der Waals surface area contributed by atoms with Gasteiger partial charge in [0, 0.05) is 23.6 Å². The quantitative estimate of drug-likeness (QED) is 0.159. The summed E-state index contributed by atoms with van der Waals surface area (Å²) in [4.78, 5) is 53.3. The van der Waals surface area contributed by atoms with Crippen molar-refractivity contribution in [3.8, 4) is 5.75 Å². The summed E-state index contributed by atoms with van der Waals surface area (Å²) in [6, 6.07) is 20.1. The number of nitrogens with one attached hydrogen (secondary N) is 1. The van der Waals surface area contributed by atoms with Crippen LogP contribution in [0.1, 0.15) is 42.5 Å². The lowest BCUT2D eigenvalue weighted by molar-refractivity contribution is -0.385. The Kier molecular flexibility index (Phi) is 6.65. The molecule has 1 fully saturated rings. The van der Waals surface area contributed by atoms with E-state index in [0.29, 0.717) is 11.1 Å². The van der Waals surface area contributed by atoms with Gasteiger partial charge < -0.3 is 14.2 Å². The highest BCUT2D eigenvalue weighted by Gasteiger charge is 2.76. The van der Waals surface area contributed by atoms with Crippen molar-refractivity contribution < 1.29 is 33.5 Å². The largest absolute Gasteiger partial charge is 0.464 e. The summed E-state index contributed by atoms with van der Waals surface area (Å²) >= 11 is 0. The second kappa shape index (κ2) is 9.95. The molecule has 2 aliphatic heterocycles. The van der Waals surface area contributed by atoms with Crippen molar-refractivity contribution in [1.29, 1.82) is 0 Å². The molecular formula is C29H26N2O8. The SMILES string of the molecule is CCOC(=O)C1(C(=O)OCC)N[C@@H]2c3cc([N+](=O)[O-])ccc3OC(=O)[C@]2(c2ccccc2)[C@H]1c1ccccc1. The van der Waals surface area contributed by atoms with Crippen LogP contribution in [-0.2, 0) is 29.3 Å². The van der Waals surface area contributed by atoms with Crippen LogP contribution in [0.25, 0.3) is 0 Å². The lowest BCUT2D eigenvalue weighted by Crippen LogP contribution is -2.60. The summed E-state index contributed by atoms with van der Waals surface area (Å²) in [5.41, 5.74) is -2.97. The first-order valence-electron chi connectivity index (χ1n) is 12.6. The van der Waals surface area contributed by atoms with Crippen LogP contribution in [0.15, 0.2) is 78.9 Å². The molecule has 0 radical (unpaired) electrons. The Morgan fingerprint density at radius 3 is 2.10 bits per heavy atom. The van der Waals surface area contributed by atoms with Crippen molar-refractivity contribution >= 4 is 23.6 Å². The van der Waals surface area contributed by atoms with Crippen LogP contribution < -0.4 is 10.1 Å². The highest BCUT2D eigenvalue weighted by Crippen LogP contribution is 2.62. The number of nitro groups is 1. The average molecular weight is 531 g/mol. The van der Waals surface area contributed by atoms with Crippen molar-refractivity contribution in [2.24, 2.45) is 0 Å². The number of carbonyl (C=O) groups excluding carboxylic acids is 3. The molecule has 0 amide bonds. The van der Waals surface area contributed by atoms with E-state index in [0.717, 1.165) is 0 Å². The molecule has 0 unspecified atom stereocenters. The van der Waals surface area contributed by atoms with Gasteiger partial charge in [-0.3, -0.25) is 20.2 Å². The zero-order valence-corrected chi connectivity index (χ0v) is 21.3. The molecule has 0 saturated carbocycles. The molecule has 39 heavy (non-hydrogen) atoms. The fourth-order valence-corrected chi connectivity index (χ4v) is 5.89. The first-order chi connectivity index (χ1) is 18.8. The van der Waals surface area contributed by atoms with Crippen LogP contribution in [0.4, 0.5) is 5.69 Å². The minimum Gasteiger partial charge on any atom is -0.464 e. The van der Waals surface area contributed by atoms with Gasteiger partial charge in [-0.15, -0.1) is 0 Å². The van der Waals surface area contributed by atoms with Crippen LogP contribution in [0, 0.1) is 10.1 Å². The van der Waals surface area contributed by atoms with Gasteiger partial charge >= 0.3 is 17.9 Å². The summed E-state index contributed by atoms with van der Waals surface area (Å²) in [5.74, 6) is -3.71. The molecule has 0 bridgehead atoms. The predicted octanol–water partition coefficient (Wildman–Crippen LogP) is 3.74. The molecule has 2 heterocycles. The summed E-state index contributed by atoms with van der Waals surface area (Å²) in [6.45, 7) is 3.13. The fourth-order valence-electron chi connectivity index (χ4n) is 5.89. The van der Waals surface area contributed by atoms with Gasteiger partial charge in [0.2, 0.25) is 5.54 Å². The van der Waals surface area contributed by atoms with Crippen molar-refractivity contribution in [1.82, 2.24) is 5.32 Å². The van der Waals surface area contributed by atoms with Crippen molar-refractivity contribution in [3.05, 3.63) is 106 Å². The third kappa shape index (κ3) is 3.78. The lowest BCUT2D eigenvalue weighted by atomic mass is 9.59. The first-order valence-corrected chi connectivity index (χ1v) is 12.6. The minimum absolute atomic E-state index is 0.0430. The Morgan fingerprint density at radius 1 is 0.949 bits per heavy atom. The van der Waals surface area contributed by atoms with Crippen LogP contribution in [0.3, 0.4) is 0 Å². The number of carbonyl (C=O) groups is 3. The van der Waals surface area contributed by atoms with Gasteiger partial charge in [0.15, 0.2) is 0 Å². The van der Waals surface area contributed by atoms with E-state index in [9.17, 15) is 24.5 Å². The highest BCUT2D eigenvalue weighted by atomic mass is 16.6. The van der Waals surface area contributed by atoms with E-state index < -0.39 is 45.7 Å². The van der Waals surface area contributed by atoms with Gasteiger partial charge in [0.25, 0.3) is 5.69 Å². The molecule has 5 rings (SSSR count). The maximum absolute atomic E-state index is 14.3. The maximum atomic E-state index is 14.3. The van der Waals surface area contributed by atoms with Crippen LogP contribution in [0.2, 0.25) is 0 Å². The number of rotatable bonds is 7. The van der Waals surface area contributed by atoms with E-state index in [1.54, 1.807) is 74.5 Å².